The van der Waals surface area contributed by atoms with Crippen molar-refractivity contribution in [2.24, 2.45) is 0 Å². The summed E-state index contributed by atoms with van der Waals surface area (Å²) in [6, 6.07) is 12.4. The Balaban J connectivity index is 1.99. The van der Waals surface area contributed by atoms with Gasteiger partial charge in [-0.3, -0.25) is 0 Å². The van der Waals surface area contributed by atoms with Crippen LogP contribution in [0.3, 0.4) is 0 Å². The molecular weight excluding hydrogens is 406 g/mol. The average Bonchev–Trinajstić information content (AvgIpc) is 2.64. The summed E-state index contributed by atoms with van der Waals surface area (Å²) in [5.74, 6) is 0.315. The monoisotopic (exact) mass is 422 g/mol. The lowest BCUT2D eigenvalue weighted by atomic mass is 10.0. The molecule has 0 atom stereocenters. The van der Waals surface area contributed by atoms with Crippen molar-refractivity contribution in [1.82, 2.24) is 4.98 Å². The zero-order valence-electron chi connectivity index (χ0n) is 15.0. The van der Waals surface area contributed by atoms with Gasteiger partial charge in [0.2, 0.25) is 0 Å². The van der Waals surface area contributed by atoms with E-state index < -0.39 is 5.82 Å². The van der Waals surface area contributed by atoms with Crippen molar-refractivity contribution in [3.63, 3.8) is 0 Å². The highest BCUT2D eigenvalue weighted by atomic mass is 35.5. The topological polar surface area (TPSA) is 25.4 Å². The molecule has 0 spiro atoms. The fourth-order valence-corrected chi connectivity index (χ4v) is 4.02. The number of hydrogen-bond donors (Lipinski definition) is 0. The molecule has 0 aliphatic carbocycles. The van der Waals surface area contributed by atoms with Crippen molar-refractivity contribution in [1.29, 1.82) is 0 Å². The maximum Gasteiger partial charge on any atom is 0.143 e. The molecule has 1 aromatic heterocycles. The van der Waals surface area contributed by atoms with Gasteiger partial charge in [0.1, 0.15) is 16.7 Å². The average molecular weight is 423 g/mol. The molecule has 1 heterocycles. The molecule has 2 aromatic carbocycles. The number of halogens is 3. The van der Waals surface area contributed by atoms with Crippen molar-refractivity contribution >= 4 is 40.8 Å². The van der Waals surface area contributed by atoms with E-state index in [4.69, 9.17) is 27.9 Å². The number of hydrogen-bond acceptors (Lipinski definition) is 4. The van der Waals surface area contributed by atoms with E-state index in [1.54, 1.807) is 25.4 Å². The highest BCUT2D eigenvalue weighted by Gasteiger charge is 2.16. The molecule has 140 valence electrons. The third-order valence-electron chi connectivity index (χ3n) is 4.05. The molecule has 27 heavy (non-hydrogen) atoms. The van der Waals surface area contributed by atoms with Crippen molar-refractivity contribution in [2.45, 2.75) is 11.8 Å². The first kappa shape index (κ1) is 19.8. The first-order valence-corrected chi connectivity index (χ1v) is 9.60. The zero-order valence-corrected chi connectivity index (χ0v) is 17.3. The fraction of sp³-hybridized carbons (Fsp3) is 0.150. The zero-order chi connectivity index (χ0) is 19.6. The first-order chi connectivity index (χ1) is 12.9. The minimum atomic E-state index is -0.393. The van der Waals surface area contributed by atoms with Gasteiger partial charge in [-0.25, -0.2) is 9.37 Å². The van der Waals surface area contributed by atoms with Crippen LogP contribution in [0.15, 0.2) is 53.6 Å². The maximum absolute atomic E-state index is 14.6. The van der Waals surface area contributed by atoms with Crippen LogP contribution in [0.2, 0.25) is 10.2 Å². The van der Waals surface area contributed by atoms with Gasteiger partial charge >= 0.3 is 0 Å². The number of nitrogens with zero attached hydrogens (tertiary/aromatic N) is 2. The van der Waals surface area contributed by atoms with Crippen LogP contribution < -0.4 is 9.04 Å². The van der Waals surface area contributed by atoms with Gasteiger partial charge in [0.15, 0.2) is 0 Å². The fourth-order valence-electron chi connectivity index (χ4n) is 2.70. The molecule has 3 rings (SSSR count). The van der Waals surface area contributed by atoms with Gasteiger partial charge in [0, 0.05) is 24.4 Å². The number of aromatic nitrogens is 1. The highest BCUT2D eigenvalue weighted by molar-refractivity contribution is 8.00. The minimum absolute atomic E-state index is 0.323. The Morgan fingerprint density at radius 3 is 2.56 bits per heavy atom. The van der Waals surface area contributed by atoms with Crippen molar-refractivity contribution < 1.29 is 9.13 Å². The van der Waals surface area contributed by atoms with E-state index in [0.717, 1.165) is 16.8 Å². The quantitative estimate of drug-likeness (QED) is 0.339. The van der Waals surface area contributed by atoms with Crippen LogP contribution in [-0.2, 0) is 0 Å². The summed E-state index contributed by atoms with van der Waals surface area (Å²) in [6.45, 7) is 1.91. The predicted octanol–water partition coefficient (Wildman–Crippen LogP) is 6.66. The third-order valence-corrected chi connectivity index (χ3v) is 5.55. The van der Waals surface area contributed by atoms with Gasteiger partial charge in [0.25, 0.3) is 0 Å². The predicted molar refractivity (Wildman–Crippen MR) is 112 cm³/mol. The molecule has 3 nitrogen and oxygen atoms in total. The van der Waals surface area contributed by atoms with E-state index in [1.165, 1.54) is 18.0 Å². The molecule has 0 aliphatic rings. The van der Waals surface area contributed by atoms with E-state index >= 15 is 0 Å². The normalized spacial score (nSPS) is 10.7. The van der Waals surface area contributed by atoms with Crippen LogP contribution in [0.4, 0.5) is 10.1 Å². The first-order valence-electron chi connectivity index (χ1n) is 8.07. The Labute approximate surface area is 172 Å². The number of methoxy groups -OCH3 is 1. The van der Waals surface area contributed by atoms with Crippen molar-refractivity contribution in [3.05, 3.63) is 70.2 Å². The van der Waals surface area contributed by atoms with Gasteiger partial charge in [0.05, 0.1) is 22.7 Å². The number of para-hydroxylation sites is 2. The van der Waals surface area contributed by atoms with Gasteiger partial charge < -0.3 is 9.04 Å². The number of pyridine rings is 1. The maximum atomic E-state index is 14.6. The molecule has 0 unspecified atom stereocenters. The largest absolute Gasteiger partial charge is 0.495 e. The summed E-state index contributed by atoms with van der Waals surface area (Å²) in [6.07, 6.45) is 1.65. The second kappa shape index (κ2) is 8.38. The summed E-state index contributed by atoms with van der Waals surface area (Å²) < 4.78 is 21.8. The second-order valence-electron chi connectivity index (χ2n) is 5.85. The van der Waals surface area contributed by atoms with E-state index in [2.05, 4.69) is 4.98 Å². The van der Waals surface area contributed by atoms with Gasteiger partial charge in [-0.15, -0.1) is 0 Å². The summed E-state index contributed by atoms with van der Waals surface area (Å²) in [4.78, 5) is 4.56. The second-order valence-corrected chi connectivity index (χ2v) is 7.81. The molecule has 0 saturated heterocycles. The van der Waals surface area contributed by atoms with E-state index in [9.17, 15) is 4.39 Å². The lowest BCUT2D eigenvalue weighted by molar-refractivity contribution is 0.416. The Hall–Kier alpha value is -1.95. The van der Waals surface area contributed by atoms with Gasteiger partial charge in [-0.05, 0) is 54.8 Å². The lowest BCUT2D eigenvalue weighted by Crippen LogP contribution is -2.08. The summed E-state index contributed by atoms with van der Waals surface area (Å²) in [5, 5.41) is 0.726. The molecule has 0 N–H and O–H groups in total. The highest BCUT2D eigenvalue weighted by Crippen LogP contribution is 2.39. The Bertz CT molecular complexity index is 984. The van der Waals surface area contributed by atoms with Crippen LogP contribution in [0.25, 0.3) is 11.1 Å². The number of ether oxygens (including phenoxy) is 1. The van der Waals surface area contributed by atoms with Crippen LogP contribution in [0.1, 0.15) is 5.56 Å². The minimum Gasteiger partial charge on any atom is -0.495 e. The van der Waals surface area contributed by atoms with E-state index in [-0.39, 0.29) is 0 Å². The Morgan fingerprint density at radius 1 is 1.11 bits per heavy atom. The summed E-state index contributed by atoms with van der Waals surface area (Å²) in [7, 11) is 3.46. The van der Waals surface area contributed by atoms with Crippen LogP contribution in [-0.4, -0.2) is 19.1 Å². The number of benzene rings is 2. The van der Waals surface area contributed by atoms with Crippen LogP contribution in [0, 0.1) is 12.7 Å². The SMILES string of the molecule is COc1ccccc1N(C)Sc1cc(-c2cnc(Cl)cc2C)c(Cl)cc1F. The van der Waals surface area contributed by atoms with Gasteiger partial charge in [-0.2, -0.15) is 0 Å². The van der Waals surface area contributed by atoms with Crippen LogP contribution >= 0.6 is 35.1 Å². The lowest BCUT2D eigenvalue weighted by Gasteiger charge is -2.21. The van der Waals surface area contributed by atoms with Crippen molar-refractivity contribution in [2.75, 3.05) is 18.5 Å². The molecular formula is C20H17Cl2FN2OS. The Kier molecular flexibility index (Phi) is 6.15. The molecule has 0 amide bonds. The molecule has 0 saturated carbocycles. The number of rotatable bonds is 5. The summed E-state index contributed by atoms with van der Waals surface area (Å²) in [5.41, 5.74) is 3.27. The van der Waals surface area contributed by atoms with Crippen molar-refractivity contribution in [3.8, 4) is 16.9 Å². The number of anilines is 1. The van der Waals surface area contributed by atoms with E-state index in [0.29, 0.717) is 26.4 Å². The van der Waals surface area contributed by atoms with E-state index in [1.807, 2.05) is 42.5 Å². The summed E-state index contributed by atoms with van der Waals surface area (Å²) >= 11 is 13.5. The molecule has 7 heteroatoms. The number of aryl methyl sites for hydroxylation is 1. The standard InChI is InChI=1S/C20H17Cl2FN2OS/c1-12-8-20(22)24-11-14(12)13-9-19(16(23)10-15(13)21)27-25(2)17-6-4-5-7-18(17)26-3/h4-11H,1-3H3. The molecule has 0 radical (unpaired) electrons. The third kappa shape index (κ3) is 4.32. The van der Waals surface area contributed by atoms with Gasteiger partial charge in [-0.1, -0.05) is 35.3 Å². The molecule has 0 fully saturated rings. The molecule has 3 aromatic rings. The van der Waals surface area contributed by atoms with Crippen LogP contribution in [0.5, 0.6) is 5.75 Å². The molecule has 0 aliphatic heterocycles. The molecule has 0 bridgehead atoms. The smallest absolute Gasteiger partial charge is 0.143 e. The Morgan fingerprint density at radius 2 is 1.85 bits per heavy atom.